The average molecular weight is 339 g/mol. The van der Waals surface area contributed by atoms with E-state index in [1.807, 2.05) is 0 Å². The summed E-state index contributed by atoms with van der Waals surface area (Å²) in [6.45, 7) is 4.36. The van der Waals surface area contributed by atoms with Gasteiger partial charge in [0.2, 0.25) is 0 Å². The molecule has 0 amide bonds. The fourth-order valence-corrected chi connectivity index (χ4v) is 2.87. The average Bonchev–Trinajstić information content (AvgIpc) is 2.50. The predicted molar refractivity (Wildman–Crippen MR) is 104 cm³/mol. The molecular formula is C20H42MgO2. The zero-order chi connectivity index (χ0) is 16.3. The first-order chi connectivity index (χ1) is 10.8. The van der Waals surface area contributed by atoms with Gasteiger partial charge in [0, 0.05) is 6.92 Å². The topological polar surface area (TPSA) is 26.3 Å². The van der Waals surface area contributed by atoms with Gasteiger partial charge >= 0.3 is 29.0 Å². The maximum absolute atomic E-state index is 10.6. The van der Waals surface area contributed by atoms with Crippen molar-refractivity contribution < 1.29 is 12.4 Å². The summed E-state index contributed by atoms with van der Waals surface area (Å²) in [6, 6.07) is 0. The summed E-state index contributed by atoms with van der Waals surface area (Å²) in [5.74, 6) is -0.152. The van der Waals surface area contributed by atoms with Crippen molar-refractivity contribution in [3.63, 3.8) is 0 Å². The van der Waals surface area contributed by atoms with Crippen LogP contribution in [0.3, 0.4) is 0 Å². The summed E-state index contributed by atoms with van der Waals surface area (Å²) < 4.78 is 4.92. The largest absolute Gasteiger partial charge is 2.00 e. The molecule has 0 aromatic heterocycles. The first-order valence-corrected chi connectivity index (χ1v) is 9.90. The Kier molecular flexibility index (Phi) is 24.6. The fraction of sp³-hybridized carbons (Fsp3) is 0.950. The molecule has 0 fully saturated rings. The standard InChI is InChI=1S/C20H40O2.Mg.2H/c1-3-4-5-6-7-8-9-10-11-12-13-14-15-16-17-18-19-22-20(2)21;;;/h3-19H2,1-2H3;;;/q;+2;2*-1. The Labute approximate surface area is 164 Å². The van der Waals surface area contributed by atoms with Crippen molar-refractivity contribution in [1.29, 1.82) is 0 Å². The summed E-state index contributed by atoms with van der Waals surface area (Å²) in [6.07, 6.45) is 22.0. The molecule has 0 saturated carbocycles. The third-order valence-electron chi connectivity index (χ3n) is 4.30. The summed E-state index contributed by atoms with van der Waals surface area (Å²) in [4.78, 5) is 10.6. The molecule has 0 aromatic carbocycles. The quantitative estimate of drug-likeness (QED) is 0.168. The molecule has 136 valence electrons. The number of carbonyl (C=O) groups excluding carboxylic acids is 1. The summed E-state index contributed by atoms with van der Waals surface area (Å²) in [7, 11) is 0. The van der Waals surface area contributed by atoms with Gasteiger partial charge < -0.3 is 7.59 Å². The van der Waals surface area contributed by atoms with E-state index in [4.69, 9.17) is 4.74 Å². The molecule has 2 nitrogen and oxygen atoms in total. The smallest absolute Gasteiger partial charge is 1.00 e. The number of rotatable bonds is 17. The normalized spacial score (nSPS) is 10.3. The number of esters is 1. The number of unbranched alkanes of at least 4 members (excludes halogenated alkanes) is 15. The van der Waals surface area contributed by atoms with Gasteiger partial charge in [-0.3, -0.25) is 4.79 Å². The van der Waals surface area contributed by atoms with Crippen LogP contribution >= 0.6 is 0 Å². The summed E-state index contributed by atoms with van der Waals surface area (Å²) in [5.41, 5.74) is 0. The Morgan fingerprint density at radius 2 is 0.957 bits per heavy atom. The van der Waals surface area contributed by atoms with E-state index in [0.717, 1.165) is 6.42 Å². The van der Waals surface area contributed by atoms with E-state index in [2.05, 4.69) is 6.92 Å². The molecular weight excluding hydrogens is 297 g/mol. The minimum absolute atomic E-state index is 0. The molecule has 0 heterocycles. The molecule has 0 atom stereocenters. The van der Waals surface area contributed by atoms with Crippen LogP contribution in [0.1, 0.15) is 119 Å². The van der Waals surface area contributed by atoms with Gasteiger partial charge in [0.15, 0.2) is 0 Å². The zero-order valence-corrected chi connectivity index (χ0v) is 17.5. The first kappa shape index (κ1) is 25.5. The van der Waals surface area contributed by atoms with E-state index >= 15 is 0 Å². The van der Waals surface area contributed by atoms with Crippen LogP contribution in [0.15, 0.2) is 0 Å². The van der Waals surface area contributed by atoms with Gasteiger partial charge in [-0.1, -0.05) is 103 Å². The summed E-state index contributed by atoms with van der Waals surface area (Å²) in [5, 5.41) is 0. The third-order valence-corrected chi connectivity index (χ3v) is 4.30. The molecule has 0 bridgehead atoms. The molecule has 0 aromatic rings. The zero-order valence-electron chi connectivity index (χ0n) is 18.0. The van der Waals surface area contributed by atoms with Crippen molar-refractivity contribution in [2.75, 3.05) is 6.61 Å². The van der Waals surface area contributed by atoms with Crippen molar-refractivity contribution in [3.05, 3.63) is 0 Å². The second-order valence-corrected chi connectivity index (χ2v) is 6.64. The minimum Gasteiger partial charge on any atom is -1.00 e. The Morgan fingerprint density at radius 3 is 1.26 bits per heavy atom. The second-order valence-electron chi connectivity index (χ2n) is 6.64. The van der Waals surface area contributed by atoms with E-state index in [1.54, 1.807) is 0 Å². The first-order valence-electron chi connectivity index (χ1n) is 9.90. The van der Waals surface area contributed by atoms with E-state index in [9.17, 15) is 4.79 Å². The van der Waals surface area contributed by atoms with Crippen molar-refractivity contribution in [3.8, 4) is 0 Å². The summed E-state index contributed by atoms with van der Waals surface area (Å²) >= 11 is 0. The van der Waals surface area contributed by atoms with Crippen LogP contribution in [0.5, 0.6) is 0 Å². The third kappa shape index (κ3) is 24.6. The predicted octanol–water partition coefficient (Wildman–Crippen LogP) is 6.66. The van der Waals surface area contributed by atoms with Crippen molar-refractivity contribution in [2.45, 2.75) is 117 Å². The molecule has 0 spiro atoms. The van der Waals surface area contributed by atoms with Crippen LogP contribution in [0.4, 0.5) is 0 Å². The Balaban J connectivity index is -0.000000735. The molecule has 0 aliphatic carbocycles. The van der Waals surface area contributed by atoms with Crippen LogP contribution in [0, 0.1) is 0 Å². The van der Waals surface area contributed by atoms with E-state index in [0.29, 0.717) is 6.61 Å². The fourth-order valence-electron chi connectivity index (χ4n) is 2.87. The van der Waals surface area contributed by atoms with E-state index in [1.165, 1.54) is 103 Å². The minimum atomic E-state index is -0.152. The SMILES string of the molecule is CCCCCCCCCCCCCCCCCCOC(C)=O.[H-].[H-].[Mg+2]. The maximum atomic E-state index is 10.6. The number of hydrogen-bond acceptors (Lipinski definition) is 2. The molecule has 0 unspecified atom stereocenters. The number of carbonyl (C=O) groups is 1. The maximum Gasteiger partial charge on any atom is 2.00 e. The number of hydrogen-bond donors (Lipinski definition) is 0. The van der Waals surface area contributed by atoms with Crippen LogP contribution in [0.2, 0.25) is 0 Å². The molecule has 3 heteroatoms. The van der Waals surface area contributed by atoms with Gasteiger partial charge in [-0.05, 0) is 6.42 Å². The number of ether oxygens (including phenoxy) is 1. The van der Waals surface area contributed by atoms with Gasteiger partial charge in [-0.2, -0.15) is 0 Å². The van der Waals surface area contributed by atoms with Crippen LogP contribution in [0.25, 0.3) is 0 Å². The molecule has 0 aliphatic rings. The van der Waals surface area contributed by atoms with Crippen molar-refractivity contribution in [1.82, 2.24) is 0 Å². The molecule has 0 radical (unpaired) electrons. The van der Waals surface area contributed by atoms with Crippen LogP contribution in [-0.4, -0.2) is 35.6 Å². The Morgan fingerprint density at radius 1 is 0.652 bits per heavy atom. The second kappa shape index (κ2) is 22.2. The Hall–Kier alpha value is 0.236. The molecule has 0 aliphatic heterocycles. The van der Waals surface area contributed by atoms with Gasteiger partial charge in [-0.15, -0.1) is 0 Å². The molecule has 0 rings (SSSR count). The van der Waals surface area contributed by atoms with E-state index in [-0.39, 0.29) is 31.9 Å². The molecule has 0 N–H and O–H groups in total. The van der Waals surface area contributed by atoms with Crippen LogP contribution < -0.4 is 0 Å². The molecule has 23 heavy (non-hydrogen) atoms. The Bertz CT molecular complexity index is 242. The monoisotopic (exact) mass is 338 g/mol. The van der Waals surface area contributed by atoms with Gasteiger partial charge in [0.25, 0.3) is 0 Å². The van der Waals surface area contributed by atoms with Gasteiger partial charge in [0.05, 0.1) is 6.61 Å². The van der Waals surface area contributed by atoms with Crippen LogP contribution in [-0.2, 0) is 9.53 Å². The van der Waals surface area contributed by atoms with Crippen molar-refractivity contribution in [2.24, 2.45) is 0 Å². The van der Waals surface area contributed by atoms with Crippen molar-refractivity contribution >= 4 is 29.0 Å². The van der Waals surface area contributed by atoms with E-state index < -0.39 is 0 Å². The van der Waals surface area contributed by atoms with Gasteiger partial charge in [-0.25, -0.2) is 0 Å². The van der Waals surface area contributed by atoms with Gasteiger partial charge in [0.1, 0.15) is 0 Å². The molecule has 0 saturated heterocycles.